The van der Waals surface area contributed by atoms with E-state index in [1.807, 2.05) is 48.5 Å². The van der Waals surface area contributed by atoms with Crippen molar-refractivity contribution in [1.29, 1.82) is 0 Å². The molecule has 16 heavy (non-hydrogen) atoms. The van der Waals surface area contributed by atoms with E-state index in [0.717, 1.165) is 17.1 Å². The van der Waals surface area contributed by atoms with E-state index in [-0.39, 0.29) is 0 Å². The monoisotopic (exact) mass is 213 g/mol. The Morgan fingerprint density at radius 3 is 2.75 bits per heavy atom. The third-order valence-corrected chi connectivity index (χ3v) is 2.27. The highest BCUT2D eigenvalue weighted by Gasteiger charge is 2.01. The average Bonchev–Trinajstić information content (AvgIpc) is 2.38. The minimum atomic E-state index is 0.502. The summed E-state index contributed by atoms with van der Waals surface area (Å²) in [6, 6.07) is 18.3. The molecule has 0 heterocycles. The summed E-state index contributed by atoms with van der Waals surface area (Å²) in [6.07, 6.45) is 0. The molecule has 0 aromatic heterocycles. The summed E-state index contributed by atoms with van der Waals surface area (Å²) in [5.74, 6) is 1.66. The zero-order valence-corrected chi connectivity index (χ0v) is 9.14. The lowest BCUT2D eigenvalue weighted by Gasteiger charge is -2.09. The number of methoxy groups -OCH3 is 1. The van der Waals surface area contributed by atoms with Gasteiger partial charge in [0.2, 0.25) is 0 Å². The fourth-order valence-electron chi connectivity index (χ4n) is 1.45. The van der Waals surface area contributed by atoms with Crippen molar-refractivity contribution in [3.63, 3.8) is 0 Å². The lowest BCUT2D eigenvalue weighted by atomic mass is 10.2. The Labute approximate surface area is 95.4 Å². The second kappa shape index (κ2) is 5.21. The SMILES string of the molecule is COc1ccccc1COc1c[c]ccc1. The van der Waals surface area contributed by atoms with Gasteiger partial charge in [-0.2, -0.15) is 0 Å². The summed E-state index contributed by atoms with van der Waals surface area (Å²) >= 11 is 0. The molecule has 2 aromatic carbocycles. The van der Waals surface area contributed by atoms with Crippen LogP contribution >= 0.6 is 0 Å². The second-order valence-electron chi connectivity index (χ2n) is 3.34. The number of ether oxygens (including phenoxy) is 2. The number of rotatable bonds is 4. The third-order valence-electron chi connectivity index (χ3n) is 2.27. The van der Waals surface area contributed by atoms with Crippen LogP contribution in [0.5, 0.6) is 11.5 Å². The first-order chi connectivity index (χ1) is 7.90. The summed E-state index contributed by atoms with van der Waals surface area (Å²) in [4.78, 5) is 0. The Morgan fingerprint density at radius 1 is 1.12 bits per heavy atom. The van der Waals surface area contributed by atoms with Crippen LogP contribution in [0.3, 0.4) is 0 Å². The van der Waals surface area contributed by atoms with Gasteiger partial charge in [0.1, 0.15) is 18.1 Å². The van der Waals surface area contributed by atoms with Crippen molar-refractivity contribution in [3.8, 4) is 11.5 Å². The molecule has 0 amide bonds. The minimum absolute atomic E-state index is 0.502. The first-order valence-electron chi connectivity index (χ1n) is 5.11. The van der Waals surface area contributed by atoms with E-state index >= 15 is 0 Å². The number of hydrogen-bond donors (Lipinski definition) is 0. The molecule has 0 bridgehead atoms. The predicted octanol–water partition coefficient (Wildman–Crippen LogP) is 3.07. The molecule has 0 aliphatic carbocycles. The maximum atomic E-state index is 5.62. The maximum absolute atomic E-state index is 5.62. The Balaban J connectivity index is 2.05. The molecule has 0 aliphatic rings. The van der Waals surface area contributed by atoms with Crippen LogP contribution < -0.4 is 9.47 Å². The van der Waals surface area contributed by atoms with Gasteiger partial charge in [-0.15, -0.1) is 0 Å². The van der Waals surface area contributed by atoms with E-state index in [1.54, 1.807) is 7.11 Å². The zero-order chi connectivity index (χ0) is 11.2. The lowest BCUT2D eigenvalue weighted by molar-refractivity contribution is 0.296. The molecule has 81 valence electrons. The standard InChI is InChI=1S/C14H13O2/c1-15-14-10-6-5-7-12(14)11-16-13-8-3-2-4-9-13/h2-3,5-10H,11H2,1H3. The van der Waals surface area contributed by atoms with E-state index < -0.39 is 0 Å². The van der Waals surface area contributed by atoms with Crippen molar-refractivity contribution in [2.75, 3.05) is 7.11 Å². The van der Waals surface area contributed by atoms with Gasteiger partial charge in [0.25, 0.3) is 0 Å². The normalized spacial score (nSPS) is 9.81. The Kier molecular flexibility index (Phi) is 3.44. The molecule has 0 aliphatic heterocycles. The van der Waals surface area contributed by atoms with Crippen molar-refractivity contribution in [2.24, 2.45) is 0 Å². The van der Waals surface area contributed by atoms with Crippen molar-refractivity contribution in [1.82, 2.24) is 0 Å². The third kappa shape index (κ3) is 2.54. The van der Waals surface area contributed by atoms with E-state index in [9.17, 15) is 0 Å². The topological polar surface area (TPSA) is 18.5 Å². The summed E-state index contributed by atoms with van der Waals surface area (Å²) in [7, 11) is 1.66. The van der Waals surface area contributed by atoms with Crippen molar-refractivity contribution < 1.29 is 9.47 Å². The fourth-order valence-corrected chi connectivity index (χ4v) is 1.45. The maximum Gasteiger partial charge on any atom is 0.125 e. The first kappa shape index (κ1) is 10.6. The highest BCUT2D eigenvalue weighted by Crippen LogP contribution is 2.19. The molecule has 1 radical (unpaired) electrons. The van der Waals surface area contributed by atoms with Crippen LogP contribution in [0.25, 0.3) is 0 Å². The number of hydrogen-bond acceptors (Lipinski definition) is 2. The average molecular weight is 213 g/mol. The van der Waals surface area contributed by atoms with Crippen LogP contribution in [0.2, 0.25) is 0 Å². The summed E-state index contributed by atoms with van der Waals surface area (Å²) in [5.41, 5.74) is 1.04. The van der Waals surface area contributed by atoms with E-state index in [1.165, 1.54) is 0 Å². The Morgan fingerprint density at radius 2 is 2.00 bits per heavy atom. The van der Waals surface area contributed by atoms with Crippen LogP contribution in [-0.4, -0.2) is 7.11 Å². The quantitative estimate of drug-likeness (QED) is 0.777. The van der Waals surface area contributed by atoms with Crippen LogP contribution in [0.1, 0.15) is 5.56 Å². The molecule has 2 nitrogen and oxygen atoms in total. The summed E-state index contributed by atoms with van der Waals surface area (Å²) in [6.45, 7) is 0.502. The largest absolute Gasteiger partial charge is 0.496 e. The number of para-hydroxylation sites is 1. The molecule has 0 fully saturated rings. The van der Waals surface area contributed by atoms with Crippen LogP contribution in [0, 0.1) is 6.07 Å². The highest BCUT2D eigenvalue weighted by atomic mass is 16.5. The van der Waals surface area contributed by atoms with Gasteiger partial charge in [-0.25, -0.2) is 0 Å². The van der Waals surface area contributed by atoms with Gasteiger partial charge in [0.15, 0.2) is 0 Å². The molecule has 0 atom stereocenters. The molecular weight excluding hydrogens is 200 g/mol. The van der Waals surface area contributed by atoms with Gasteiger partial charge >= 0.3 is 0 Å². The fraction of sp³-hybridized carbons (Fsp3) is 0.143. The van der Waals surface area contributed by atoms with Crippen molar-refractivity contribution in [3.05, 3.63) is 60.2 Å². The summed E-state index contributed by atoms with van der Waals surface area (Å²) in [5, 5.41) is 0. The Hall–Kier alpha value is -1.96. The minimum Gasteiger partial charge on any atom is -0.496 e. The summed E-state index contributed by atoms with van der Waals surface area (Å²) < 4.78 is 10.9. The highest BCUT2D eigenvalue weighted by molar-refractivity contribution is 5.33. The van der Waals surface area contributed by atoms with E-state index in [2.05, 4.69) is 6.07 Å². The molecule has 2 rings (SSSR count). The second-order valence-corrected chi connectivity index (χ2v) is 3.34. The predicted molar refractivity (Wildman–Crippen MR) is 62.6 cm³/mol. The van der Waals surface area contributed by atoms with E-state index in [4.69, 9.17) is 9.47 Å². The van der Waals surface area contributed by atoms with Crippen LogP contribution in [-0.2, 0) is 6.61 Å². The van der Waals surface area contributed by atoms with E-state index in [0.29, 0.717) is 6.61 Å². The van der Waals surface area contributed by atoms with Gasteiger partial charge in [-0.1, -0.05) is 30.3 Å². The number of benzene rings is 2. The van der Waals surface area contributed by atoms with Crippen molar-refractivity contribution >= 4 is 0 Å². The molecule has 2 aromatic rings. The van der Waals surface area contributed by atoms with Gasteiger partial charge in [0.05, 0.1) is 7.11 Å². The first-order valence-corrected chi connectivity index (χ1v) is 5.11. The van der Waals surface area contributed by atoms with Crippen molar-refractivity contribution in [2.45, 2.75) is 6.61 Å². The van der Waals surface area contributed by atoms with Gasteiger partial charge in [-0.3, -0.25) is 0 Å². The van der Waals surface area contributed by atoms with Gasteiger partial charge < -0.3 is 9.47 Å². The Bertz CT molecular complexity index is 437. The molecule has 2 heteroatoms. The molecule has 0 saturated heterocycles. The molecule has 0 spiro atoms. The molecule has 0 unspecified atom stereocenters. The zero-order valence-electron chi connectivity index (χ0n) is 9.14. The smallest absolute Gasteiger partial charge is 0.125 e. The van der Waals surface area contributed by atoms with Gasteiger partial charge in [-0.05, 0) is 24.3 Å². The molecule has 0 saturated carbocycles. The van der Waals surface area contributed by atoms with Gasteiger partial charge in [0, 0.05) is 5.56 Å². The molecular formula is C14H13O2. The van der Waals surface area contributed by atoms with Crippen LogP contribution in [0.4, 0.5) is 0 Å². The van der Waals surface area contributed by atoms with Crippen LogP contribution in [0.15, 0.2) is 48.5 Å². The molecule has 0 N–H and O–H groups in total. The lowest BCUT2D eigenvalue weighted by Crippen LogP contribution is -1.98.